The van der Waals surface area contributed by atoms with Crippen molar-refractivity contribution in [2.75, 3.05) is 0 Å². The molecular formula is C13H26O2. The van der Waals surface area contributed by atoms with Gasteiger partial charge in [-0.15, -0.1) is 0 Å². The van der Waals surface area contributed by atoms with E-state index < -0.39 is 0 Å². The predicted octanol–water partition coefficient (Wildman–Crippen LogP) is 2.99. The van der Waals surface area contributed by atoms with E-state index in [2.05, 4.69) is 20.8 Å². The van der Waals surface area contributed by atoms with E-state index in [-0.39, 0.29) is 6.10 Å². The molecule has 0 saturated heterocycles. The molecule has 2 nitrogen and oxygen atoms in total. The van der Waals surface area contributed by atoms with Crippen molar-refractivity contribution < 1.29 is 9.84 Å². The number of hydrogen-bond acceptors (Lipinski definition) is 2. The fraction of sp³-hybridized carbons (Fsp3) is 1.00. The molecule has 0 spiro atoms. The topological polar surface area (TPSA) is 29.5 Å². The Morgan fingerprint density at radius 1 is 1.33 bits per heavy atom. The van der Waals surface area contributed by atoms with Gasteiger partial charge in [0.05, 0.1) is 18.3 Å². The molecule has 1 rings (SSSR count). The van der Waals surface area contributed by atoms with Crippen LogP contribution in [0.2, 0.25) is 0 Å². The molecule has 1 aliphatic carbocycles. The van der Waals surface area contributed by atoms with Gasteiger partial charge in [0.2, 0.25) is 0 Å². The molecule has 0 aromatic carbocycles. The van der Waals surface area contributed by atoms with Crippen LogP contribution in [0.5, 0.6) is 0 Å². The number of ether oxygens (including phenoxy) is 1. The predicted molar refractivity (Wildman–Crippen MR) is 62.8 cm³/mol. The maximum Gasteiger partial charge on any atom is 0.0581 e. The van der Waals surface area contributed by atoms with Gasteiger partial charge in [-0.05, 0) is 51.4 Å². The maximum atomic E-state index is 9.62. The zero-order valence-electron chi connectivity index (χ0n) is 10.6. The first-order valence-corrected chi connectivity index (χ1v) is 6.38. The fourth-order valence-electron chi connectivity index (χ4n) is 2.64. The Morgan fingerprint density at radius 2 is 2.00 bits per heavy atom. The summed E-state index contributed by atoms with van der Waals surface area (Å²) >= 11 is 0. The Labute approximate surface area is 94.0 Å². The molecule has 1 saturated carbocycles. The maximum absolute atomic E-state index is 9.62. The van der Waals surface area contributed by atoms with Crippen LogP contribution in [0.15, 0.2) is 0 Å². The van der Waals surface area contributed by atoms with Gasteiger partial charge >= 0.3 is 0 Å². The van der Waals surface area contributed by atoms with Crippen LogP contribution in [0.1, 0.15) is 53.4 Å². The second-order valence-corrected chi connectivity index (χ2v) is 5.17. The van der Waals surface area contributed by atoms with Crippen molar-refractivity contribution in [2.45, 2.75) is 71.7 Å². The minimum atomic E-state index is -0.162. The Hall–Kier alpha value is -0.0800. The molecule has 5 atom stereocenters. The van der Waals surface area contributed by atoms with Crippen molar-refractivity contribution in [3.05, 3.63) is 0 Å². The van der Waals surface area contributed by atoms with Crippen LogP contribution in [0.4, 0.5) is 0 Å². The van der Waals surface area contributed by atoms with Gasteiger partial charge in [0, 0.05) is 0 Å². The standard InChI is InChI=1S/C13H26O2/c1-5-10(3)15-12-6-7-13(11(4)14)9(2)8-12/h9-14H,5-8H2,1-4H3. The highest BCUT2D eigenvalue weighted by atomic mass is 16.5. The Balaban J connectivity index is 2.37. The first kappa shape index (κ1) is 13.0. The highest BCUT2D eigenvalue weighted by Gasteiger charge is 2.31. The molecule has 1 N–H and O–H groups in total. The number of hydrogen-bond donors (Lipinski definition) is 1. The molecule has 0 bridgehead atoms. The van der Waals surface area contributed by atoms with Crippen LogP contribution in [0.3, 0.4) is 0 Å². The van der Waals surface area contributed by atoms with Gasteiger partial charge in [-0.1, -0.05) is 13.8 Å². The highest BCUT2D eigenvalue weighted by molar-refractivity contribution is 4.81. The summed E-state index contributed by atoms with van der Waals surface area (Å²) < 4.78 is 5.96. The lowest BCUT2D eigenvalue weighted by atomic mass is 9.76. The molecule has 15 heavy (non-hydrogen) atoms. The number of rotatable bonds is 4. The molecule has 1 fully saturated rings. The molecule has 90 valence electrons. The second kappa shape index (κ2) is 5.86. The number of aliphatic hydroxyl groups excluding tert-OH is 1. The Kier molecular flexibility index (Phi) is 5.07. The fourth-order valence-corrected chi connectivity index (χ4v) is 2.64. The van der Waals surface area contributed by atoms with Gasteiger partial charge in [0.1, 0.15) is 0 Å². The van der Waals surface area contributed by atoms with Crippen molar-refractivity contribution in [1.29, 1.82) is 0 Å². The van der Waals surface area contributed by atoms with Crippen molar-refractivity contribution in [3.8, 4) is 0 Å². The average molecular weight is 214 g/mol. The van der Waals surface area contributed by atoms with E-state index in [0.717, 1.165) is 25.7 Å². The molecule has 0 aliphatic heterocycles. The molecule has 1 aliphatic rings. The summed E-state index contributed by atoms with van der Waals surface area (Å²) in [6.07, 6.45) is 5.06. The van der Waals surface area contributed by atoms with Crippen LogP contribution >= 0.6 is 0 Å². The lowest BCUT2D eigenvalue weighted by Crippen LogP contribution is -2.35. The summed E-state index contributed by atoms with van der Waals surface area (Å²) in [5.41, 5.74) is 0. The van der Waals surface area contributed by atoms with E-state index in [9.17, 15) is 5.11 Å². The van der Waals surface area contributed by atoms with Gasteiger partial charge in [0.25, 0.3) is 0 Å². The van der Waals surface area contributed by atoms with Gasteiger partial charge in [-0.3, -0.25) is 0 Å². The lowest BCUT2D eigenvalue weighted by Gasteiger charge is -2.36. The Morgan fingerprint density at radius 3 is 2.47 bits per heavy atom. The van der Waals surface area contributed by atoms with Gasteiger partial charge in [0.15, 0.2) is 0 Å². The van der Waals surface area contributed by atoms with E-state index in [0.29, 0.717) is 24.0 Å². The summed E-state index contributed by atoms with van der Waals surface area (Å²) in [6, 6.07) is 0. The minimum absolute atomic E-state index is 0.162. The Bertz CT molecular complexity index is 179. The van der Waals surface area contributed by atoms with Gasteiger partial charge in [-0.25, -0.2) is 0 Å². The summed E-state index contributed by atoms with van der Waals surface area (Å²) in [5, 5.41) is 9.62. The van der Waals surface area contributed by atoms with Crippen LogP contribution in [0, 0.1) is 11.8 Å². The molecule has 0 aromatic rings. The zero-order valence-corrected chi connectivity index (χ0v) is 10.6. The molecule has 0 radical (unpaired) electrons. The van der Waals surface area contributed by atoms with E-state index >= 15 is 0 Å². The van der Waals surface area contributed by atoms with Crippen LogP contribution in [0.25, 0.3) is 0 Å². The van der Waals surface area contributed by atoms with Crippen molar-refractivity contribution in [1.82, 2.24) is 0 Å². The third kappa shape index (κ3) is 3.76. The third-order valence-electron chi connectivity index (χ3n) is 3.81. The molecule has 5 unspecified atom stereocenters. The summed E-state index contributed by atoms with van der Waals surface area (Å²) in [5.74, 6) is 1.06. The summed E-state index contributed by atoms with van der Waals surface area (Å²) in [6.45, 7) is 8.46. The van der Waals surface area contributed by atoms with Gasteiger partial charge < -0.3 is 9.84 Å². The van der Waals surface area contributed by atoms with Crippen LogP contribution < -0.4 is 0 Å². The van der Waals surface area contributed by atoms with Gasteiger partial charge in [-0.2, -0.15) is 0 Å². The molecular weight excluding hydrogens is 188 g/mol. The van der Waals surface area contributed by atoms with Crippen LogP contribution in [-0.4, -0.2) is 23.4 Å². The first-order chi connectivity index (χ1) is 7.04. The molecule has 0 heterocycles. The summed E-state index contributed by atoms with van der Waals surface area (Å²) in [4.78, 5) is 0. The largest absolute Gasteiger partial charge is 0.393 e. The highest BCUT2D eigenvalue weighted by Crippen LogP contribution is 2.34. The zero-order chi connectivity index (χ0) is 11.4. The molecule has 0 amide bonds. The number of aliphatic hydroxyl groups is 1. The van der Waals surface area contributed by atoms with E-state index in [4.69, 9.17) is 4.74 Å². The molecule has 0 aromatic heterocycles. The SMILES string of the molecule is CCC(C)OC1CCC(C(C)O)C(C)C1. The summed E-state index contributed by atoms with van der Waals surface area (Å²) in [7, 11) is 0. The van der Waals surface area contributed by atoms with E-state index in [1.54, 1.807) is 0 Å². The van der Waals surface area contributed by atoms with Crippen molar-refractivity contribution in [3.63, 3.8) is 0 Å². The molecule has 2 heteroatoms. The van der Waals surface area contributed by atoms with Crippen LogP contribution in [-0.2, 0) is 4.74 Å². The second-order valence-electron chi connectivity index (χ2n) is 5.17. The van der Waals surface area contributed by atoms with Crippen molar-refractivity contribution in [2.24, 2.45) is 11.8 Å². The lowest BCUT2D eigenvalue weighted by molar-refractivity contribution is -0.0568. The van der Waals surface area contributed by atoms with E-state index in [1.165, 1.54) is 0 Å². The monoisotopic (exact) mass is 214 g/mol. The quantitative estimate of drug-likeness (QED) is 0.779. The van der Waals surface area contributed by atoms with E-state index in [1.807, 2.05) is 6.92 Å². The normalized spacial score (nSPS) is 36.2. The van der Waals surface area contributed by atoms with Crippen molar-refractivity contribution >= 4 is 0 Å². The minimum Gasteiger partial charge on any atom is -0.393 e. The third-order valence-corrected chi connectivity index (χ3v) is 3.81. The average Bonchev–Trinajstić information content (AvgIpc) is 2.17. The smallest absolute Gasteiger partial charge is 0.0581 e. The first-order valence-electron chi connectivity index (χ1n) is 6.38.